The van der Waals surface area contributed by atoms with Crippen LogP contribution >= 0.6 is 11.6 Å². The number of rotatable bonds is 3. The van der Waals surface area contributed by atoms with Gasteiger partial charge in [0.15, 0.2) is 11.5 Å². The Hall–Kier alpha value is -3.22. The van der Waals surface area contributed by atoms with Gasteiger partial charge >= 0.3 is 0 Å². The molecule has 0 saturated carbocycles. The van der Waals surface area contributed by atoms with Crippen molar-refractivity contribution in [2.24, 2.45) is 0 Å². The topological polar surface area (TPSA) is 127 Å². The van der Waals surface area contributed by atoms with Crippen molar-refractivity contribution in [3.8, 4) is 17.7 Å². The van der Waals surface area contributed by atoms with Crippen LogP contribution in [-0.2, 0) is 0 Å². The molecule has 4 rings (SSSR count). The maximum atomic E-state index is 12.9. The summed E-state index contributed by atoms with van der Waals surface area (Å²) in [6, 6.07) is 5.19. The minimum Gasteiger partial charge on any atom is -0.618 e. The molecule has 0 aliphatic heterocycles. The maximum Gasteiger partial charge on any atom is 0.279 e. The first kappa shape index (κ1) is 17.2. The number of hydrogen-bond donors (Lipinski definition) is 1. The van der Waals surface area contributed by atoms with Gasteiger partial charge in [0.1, 0.15) is 29.0 Å². The molecule has 1 unspecified atom stereocenters. The van der Waals surface area contributed by atoms with Crippen molar-refractivity contribution in [1.29, 1.82) is 5.26 Å². The second-order valence-electron chi connectivity index (χ2n) is 6.13. The molecule has 0 radical (unpaired) electrons. The van der Waals surface area contributed by atoms with E-state index in [0.29, 0.717) is 33.0 Å². The van der Waals surface area contributed by atoms with Gasteiger partial charge in [0.2, 0.25) is 5.69 Å². The molecule has 0 aliphatic carbocycles. The molecular formula is C17H13ClN6O3. The van der Waals surface area contributed by atoms with Crippen LogP contribution in [0.5, 0.6) is 0 Å². The molecule has 1 N–H and O–H groups in total. The second kappa shape index (κ2) is 6.19. The number of nitrogens with zero attached hydrogens (tertiary/aromatic N) is 6. The van der Waals surface area contributed by atoms with E-state index < -0.39 is 0 Å². The van der Waals surface area contributed by atoms with Crippen LogP contribution in [0.15, 0.2) is 23.0 Å². The van der Waals surface area contributed by atoms with E-state index in [4.69, 9.17) is 16.1 Å². The first-order valence-corrected chi connectivity index (χ1v) is 8.42. The third kappa shape index (κ3) is 2.42. The molecule has 1 atom stereocenters. The number of aliphatic hydroxyl groups is 1. The first-order valence-electron chi connectivity index (χ1n) is 8.04. The van der Waals surface area contributed by atoms with Crippen molar-refractivity contribution in [2.75, 3.05) is 6.61 Å². The van der Waals surface area contributed by atoms with Crippen molar-refractivity contribution >= 4 is 28.2 Å². The van der Waals surface area contributed by atoms with E-state index in [-0.39, 0.29) is 34.5 Å². The monoisotopic (exact) mass is 384 g/mol. The number of halogens is 1. The predicted octanol–water partition coefficient (Wildman–Crippen LogP) is 2.10. The highest BCUT2D eigenvalue weighted by atomic mass is 35.5. The summed E-state index contributed by atoms with van der Waals surface area (Å²) in [6.45, 7) is 3.25. The number of fused-ring (bicyclic) bond motifs is 3. The van der Waals surface area contributed by atoms with Gasteiger partial charge < -0.3 is 14.8 Å². The van der Waals surface area contributed by atoms with E-state index in [0.717, 1.165) is 0 Å². The molecule has 0 bridgehead atoms. The van der Waals surface area contributed by atoms with Gasteiger partial charge in [-0.1, -0.05) is 23.7 Å². The van der Waals surface area contributed by atoms with Crippen LogP contribution in [0.4, 0.5) is 0 Å². The van der Waals surface area contributed by atoms with Crippen LogP contribution in [0, 0.1) is 23.5 Å². The Morgan fingerprint density at radius 2 is 2.26 bits per heavy atom. The van der Waals surface area contributed by atoms with Crippen molar-refractivity contribution < 1.29 is 14.4 Å². The molecule has 10 heteroatoms. The van der Waals surface area contributed by atoms with E-state index in [2.05, 4.69) is 15.1 Å². The van der Waals surface area contributed by atoms with Gasteiger partial charge in [-0.2, -0.15) is 15.0 Å². The van der Waals surface area contributed by atoms with Gasteiger partial charge in [-0.3, -0.25) is 4.40 Å². The Bertz CT molecular complexity index is 1240. The molecule has 3 aromatic heterocycles. The van der Waals surface area contributed by atoms with E-state index in [9.17, 15) is 15.6 Å². The summed E-state index contributed by atoms with van der Waals surface area (Å²) >= 11 is 6.07. The van der Waals surface area contributed by atoms with Gasteiger partial charge in [0, 0.05) is 12.8 Å². The van der Waals surface area contributed by atoms with Crippen LogP contribution in [-0.4, -0.2) is 31.2 Å². The number of hydrogen-bond acceptors (Lipinski definition) is 7. The summed E-state index contributed by atoms with van der Waals surface area (Å²) in [4.78, 5) is 8.60. The van der Waals surface area contributed by atoms with Crippen LogP contribution in [0.1, 0.15) is 29.9 Å². The summed E-state index contributed by atoms with van der Waals surface area (Å²) in [5, 5.41) is 35.6. The number of nitriles is 1. The number of aromatic nitrogens is 5. The number of aryl methyl sites for hydroxylation is 1. The standard InChI is InChI=1S/C17H13ClN6O3/c1-8(6-25)16-21-17(27-22-16)13-14-9(2)24(26)15-10(5-19)11(18)3-4-12(15)23(14)7-20-13/h3-4,7-8,25H,6H2,1-2H3. The summed E-state index contributed by atoms with van der Waals surface area (Å²) in [7, 11) is 0. The van der Waals surface area contributed by atoms with E-state index in [1.807, 2.05) is 6.07 Å². The van der Waals surface area contributed by atoms with Crippen LogP contribution in [0.25, 0.3) is 28.1 Å². The minimum atomic E-state index is -0.289. The molecule has 136 valence electrons. The minimum absolute atomic E-state index is 0.0984. The molecule has 0 spiro atoms. The lowest BCUT2D eigenvalue weighted by molar-refractivity contribution is -0.583. The highest BCUT2D eigenvalue weighted by molar-refractivity contribution is 6.32. The molecule has 0 fully saturated rings. The van der Waals surface area contributed by atoms with Crippen molar-refractivity contribution in [3.05, 3.63) is 45.8 Å². The SMILES string of the molecule is Cc1c2c(-c3nc(C(C)CO)no3)ncn2c2ccc(Cl)c(C#N)c2[n+]1[O-]. The van der Waals surface area contributed by atoms with Gasteiger partial charge in [-0.05, 0) is 12.1 Å². The molecule has 9 nitrogen and oxygen atoms in total. The lowest BCUT2D eigenvalue weighted by atomic mass is 10.1. The molecule has 0 amide bonds. The van der Waals surface area contributed by atoms with E-state index in [1.54, 1.807) is 30.4 Å². The second-order valence-corrected chi connectivity index (χ2v) is 6.54. The van der Waals surface area contributed by atoms with E-state index >= 15 is 0 Å². The van der Waals surface area contributed by atoms with Crippen LogP contribution < -0.4 is 4.73 Å². The lowest BCUT2D eigenvalue weighted by Crippen LogP contribution is -2.33. The highest BCUT2D eigenvalue weighted by Crippen LogP contribution is 2.29. The van der Waals surface area contributed by atoms with Crippen molar-refractivity contribution in [3.63, 3.8) is 0 Å². The summed E-state index contributed by atoms with van der Waals surface area (Å²) in [6.07, 6.45) is 1.52. The first-order chi connectivity index (χ1) is 13.0. The normalized spacial score (nSPS) is 12.6. The highest BCUT2D eigenvalue weighted by Gasteiger charge is 2.26. The third-order valence-electron chi connectivity index (χ3n) is 4.45. The molecule has 27 heavy (non-hydrogen) atoms. The largest absolute Gasteiger partial charge is 0.618 e. The average molecular weight is 385 g/mol. The zero-order valence-corrected chi connectivity index (χ0v) is 15.1. The Kier molecular flexibility index (Phi) is 3.95. The third-order valence-corrected chi connectivity index (χ3v) is 4.77. The molecule has 4 aromatic rings. The van der Waals surface area contributed by atoms with Gasteiger partial charge in [0.05, 0.1) is 11.6 Å². The smallest absolute Gasteiger partial charge is 0.279 e. The quantitative estimate of drug-likeness (QED) is 0.423. The summed E-state index contributed by atoms with van der Waals surface area (Å²) in [5.74, 6) is 0.202. The zero-order valence-electron chi connectivity index (χ0n) is 14.3. The molecule has 1 aromatic carbocycles. The Labute approximate surface area is 157 Å². The number of benzene rings is 1. The zero-order chi connectivity index (χ0) is 19.3. The Morgan fingerprint density at radius 1 is 1.48 bits per heavy atom. The number of imidazole rings is 1. The summed E-state index contributed by atoms with van der Waals surface area (Å²) < 4.78 is 7.62. The molecule has 3 heterocycles. The van der Waals surface area contributed by atoms with Gasteiger partial charge in [-0.15, -0.1) is 0 Å². The summed E-state index contributed by atoms with van der Waals surface area (Å²) in [5.41, 5.74) is 1.88. The molecule has 0 saturated heterocycles. The lowest BCUT2D eigenvalue weighted by Gasteiger charge is -2.10. The van der Waals surface area contributed by atoms with Gasteiger partial charge in [0.25, 0.3) is 11.4 Å². The fourth-order valence-electron chi connectivity index (χ4n) is 2.97. The van der Waals surface area contributed by atoms with Crippen molar-refractivity contribution in [1.82, 2.24) is 19.5 Å². The van der Waals surface area contributed by atoms with Crippen LogP contribution in [0.2, 0.25) is 5.02 Å². The van der Waals surface area contributed by atoms with Gasteiger partial charge in [-0.25, -0.2) is 4.98 Å². The Balaban J connectivity index is 2.04. The van der Waals surface area contributed by atoms with Crippen LogP contribution in [0.3, 0.4) is 0 Å². The molecule has 0 aliphatic rings. The van der Waals surface area contributed by atoms with E-state index in [1.165, 1.54) is 6.33 Å². The molecular weight excluding hydrogens is 372 g/mol. The Morgan fingerprint density at radius 3 is 2.96 bits per heavy atom. The fraction of sp³-hybridized carbons (Fsp3) is 0.235. The average Bonchev–Trinajstić information content (AvgIpc) is 3.32. The fourth-order valence-corrected chi connectivity index (χ4v) is 3.17. The maximum absolute atomic E-state index is 12.9. The van der Waals surface area contributed by atoms with Crippen molar-refractivity contribution in [2.45, 2.75) is 19.8 Å². The number of aliphatic hydroxyl groups excluding tert-OH is 1. The predicted molar refractivity (Wildman–Crippen MR) is 94.9 cm³/mol.